The van der Waals surface area contributed by atoms with Gasteiger partial charge < -0.3 is 20.5 Å². The number of nitrogens with zero attached hydrogens (tertiary/aromatic N) is 1. The Morgan fingerprint density at radius 2 is 2.00 bits per heavy atom. The van der Waals surface area contributed by atoms with E-state index in [0.29, 0.717) is 6.54 Å². The molecular weight excluding hydrogens is 322 g/mol. The van der Waals surface area contributed by atoms with Crippen LogP contribution in [0.15, 0.2) is 36.7 Å². The average molecular weight is 345 g/mol. The number of rotatable bonds is 7. The van der Waals surface area contributed by atoms with Crippen molar-refractivity contribution < 1.29 is 19.4 Å². The SMILES string of the molecule is O=C(C[C@@H]1C=C[C@H](NC(=O)C2CC2)[C@H](CO)O1)NCc1ccncc1. The lowest BCUT2D eigenvalue weighted by atomic mass is 10.0. The Morgan fingerprint density at radius 3 is 2.68 bits per heavy atom. The quantitative estimate of drug-likeness (QED) is 0.617. The molecule has 0 radical (unpaired) electrons. The first kappa shape index (κ1) is 17.6. The van der Waals surface area contributed by atoms with Crippen LogP contribution in [-0.4, -0.2) is 46.8 Å². The van der Waals surface area contributed by atoms with Crippen molar-refractivity contribution in [2.24, 2.45) is 5.92 Å². The average Bonchev–Trinajstić information content (AvgIpc) is 3.47. The van der Waals surface area contributed by atoms with Gasteiger partial charge in [-0.15, -0.1) is 0 Å². The van der Waals surface area contributed by atoms with Gasteiger partial charge in [-0.05, 0) is 30.5 Å². The lowest BCUT2D eigenvalue weighted by Gasteiger charge is -2.31. The third-order valence-electron chi connectivity index (χ3n) is 4.35. The molecule has 0 bridgehead atoms. The Morgan fingerprint density at radius 1 is 1.24 bits per heavy atom. The molecule has 0 unspecified atom stereocenters. The molecule has 0 spiro atoms. The number of ether oxygens (including phenoxy) is 1. The highest BCUT2D eigenvalue weighted by Crippen LogP contribution is 2.29. The number of amides is 2. The number of aromatic nitrogens is 1. The third kappa shape index (κ3) is 5.11. The van der Waals surface area contributed by atoms with Gasteiger partial charge in [0.2, 0.25) is 11.8 Å². The van der Waals surface area contributed by atoms with Crippen LogP contribution in [0.5, 0.6) is 0 Å². The number of carbonyl (C=O) groups is 2. The first-order valence-corrected chi connectivity index (χ1v) is 8.56. The van der Waals surface area contributed by atoms with Gasteiger partial charge >= 0.3 is 0 Å². The van der Waals surface area contributed by atoms with Gasteiger partial charge in [-0.25, -0.2) is 0 Å². The van der Waals surface area contributed by atoms with Gasteiger partial charge in [0.25, 0.3) is 0 Å². The molecule has 134 valence electrons. The molecule has 1 aliphatic heterocycles. The van der Waals surface area contributed by atoms with E-state index in [2.05, 4.69) is 15.6 Å². The van der Waals surface area contributed by atoms with Crippen molar-refractivity contribution in [2.45, 2.75) is 44.1 Å². The lowest BCUT2D eigenvalue weighted by molar-refractivity contribution is -0.128. The van der Waals surface area contributed by atoms with E-state index in [9.17, 15) is 14.7 Å². The molecule has 2 aliphatic rings. The topological polar surface area (TPSA) is 101 Å². The van der Waals surface area contributed by atoms with Crippen LogP contribution in [0, 0.1) is 5.92 Å². The summed E-state index contributed by atoms with van der Waals surface area (Å²) >= 11 is 0. The number of aliphatic hydroxyl groups excluding tert-OH is 1. The van der Waals surface area contributed by atoms with Crippen LogP contribution in [-0.2, 0) is 20.9 Å². The molecular formula is C18H23N3O4. The highest BCUT2D eigenvalue weighted by Gasteiger charge is 2.34. The van der Waals surface area contributed by atoms with Crippen molar-refractivity contribution in [1.29, 1.82) is 0 Å². The first-order chi connectivity index (χ1) is 12.2. The minimum absolute atomic E-state index is 0.00486. The van der Waals surface area contributed by atoms with E-state index in [0.717, 1.165) is 18.4 Å². The summed E-state index contributed by atoms with van der Waals surface area (Å²) in [5.41, 5.74) is 0.972. The molecule has 1 aliphatic carbocycles. The summed E-state index contributed by atoms with van der Waals surface area (Å²) < 4.78 is 5.75. The van der Waals surface area contributed by atoms with E-state index in [-0.39, 0.29) is 36.8 Å². The maximum Gasteiger partial charge on any atom is 0.223 e. The molecule has 3 N–H and O–H groups in total. The Bertz CT molecular complexity index is 630. The molecule has 2 heterocycles. The number of aliphatic hydroxyl groups is 1. The standard InChI is InChI=1S/C18H23N3O4/c22-11-16-15(21-18(24)13-1-2-13)4-3-14(25-16)9-17(23)20-10-12-5-7-19-8-6-12/h3-8,13-16,22H,1-2,9-11H2,(H,20,23)(H,21,24)/t14-,15-,16-/m0/s1. The fourth-order valence-electron chi connectivity index (χ4n) is 2.72. The predicted molar refractivity (Wildman–Crippen MR) is 90.2 cm³/mol. The minimum Gasteiger partial charge on any atom is -0.394 e. The van der Waals surface area contributed by atoms with E-state index in [1.807, 2.05) is 18.2 Å². The molecule has 0 saturated heterocycles. The maximum absolute atomic E-state index is 12.1. The molecule has 25 heavy (non-hydrogen) atoms. The molecule has 2 amide bonds. The Hall–Kier alpha value is -2.25. The van der Waals surface area contributed by atoms with Crippen molar-refractivity contribution in [2.75, 3.05) is 6.61 Å². The van der Waals surface area contributed by atoms with E-state index in [4.69, 9.17) is 4.74 Å². The van der Waals surface area contributed by atoms with Crippen molar-refractivity contribution in [3.63, 3.8) is 0 Å². The van der Waals surface area contributed by atoms with E-state index < -0.39 is 12.2 Å². The Kier molecular flexibility index (Phi) is 5.78. The van der Waals surface area contributed by atoms with Crippen LogP contribution in [0.2, 0.25) is 0 Å². The zero-order valence-corrected chi connectivity index (χ0v) is 13.9. The minimum atomic E-state index is -0.536. The van der Waals surface area contributed by atoms with Gasteiger partial charge in [-0.3, -0.25) is 14.6 Å². The highest BCUT2D eigenvalue weighted by molar-refractivity contribution is 5.81. The normalized spacial score (nSPS) is 25.4. The summed E-state index contributed by atoms with van der Waals surface area (Å²) in [5.74, 6) is -0.0294. The van der Waals surface area contributed by atoms with Crippen molar-refractivity contribution in [3.05, 3.63) is 42.2 Å². The molecule has 3 atom stereocenters. The fourth-order valence-corrected chi connectivity index (χ4v) is 2.72. The van der Waals surface area contributed by atoms with Crippen molar-refractivity contribution >= 4 is 11.8 Å². The highest BCUT2D eigenvalue weighted by atomic mass is 16.5. The number of carbonyl (C=O) groups excluding carboxylic acids is 2. The number of hydrogen-bond donors (Lipinski definition) is 3. The zero-order valence-electron chi connectivity index (χ0n) is 13.9. The maximum atomic E-state index is 12.1. The van der Waals surface area contributed by atoms with E-state index in [1.165, 1.54) is 0 Å². The lowest BCUT2D eigenvalue weighted by Crippen LogP contribution is -2.49. The van der Waals surface area contributed by atoms with Gasteiger partial charge in [0.05, 0.1) is 25.2 Å². The molecule has 7 heteroatoms. The van der Waals surface area contributed by atoms with Gasteiger partial charge in [0.1, 0.15) is 6.10 Å². The summed E-state index contributed by atoms with van der Waals surface area (Å²) in [6, 6.07) is 3.33. The molecule has 1 saturated carbocycles. The largest absolute Gasteiger partial charge is 0.394 e. The second-order valence-electron chi connectivity index (χ2n) is 6.43. The summed E-state index contributed by atoms with van der Waals surface area (Å²) in [6.45, 7) is 0.219. The second kappa shape index (κ2) is 8.22. The molecule has 3 rings (SSSR count). The summed E-state index contributed by atoms with van der Waals surface area (Å²) in [5, 5.41) is 15.2. The van der Waals surface area contributed by atoms with Crippen LogP contribution in [0.1, 0.15) is 24.8 Å². The van der Waals surface area contributed by atoms with Crippen LogP contribution in [0.25, 0.3) is 0 Å². The summed E-state index contributed by atoms with van der Waals surface area (Å²) in [6.07, 6.45) is 8.00. The molecule has 7 nitrogen and oxygen atoms in total. The molecule has 1 aromatic rings. The number of hydrogen-bond acceptors (Lipinski definition) is 5. The van der Waals surface area contributed by atoms with Gasteiger partial charge in [-0.2, -0.15) is 0 Å². The summed E-state index contributed by atoms with van der Waals surface area (Å²) in [4.78, 5) is 27.9. The van der Waals surface area contributed by atoms with Gasteiger partial charge in [0.15, 0.2) is 0 Å². The molecule has 1 aromatic heterocycles. The van der Waals surface area contributed by atoms with E-state index >= 15 is 0 Å². The van der Waals surface area contributed by atoms with Crippen LogP contribution in [0.3, 0.4) is 0 Å². The number of pyridine rings is 1. The fraction of sp³-hybridized carbons (Fsp3) is 0.500. The monoisotopic (exact) mass is 345 g/mol. The third-order valence-corrected chi connectivity index (χ3v) is 4.35. The molecule has 0 aromatic carbocycles. The van der Waals surface area contributed by atoms with Crippen LogP contribution < -0.4 is 10.6 Å². The Labute approximate surface area is 146 Å². The van der Waals surface area contributed by atoms with Crippen molar-refractivity contribution in [1.82, 2.24) is 15.6 Å². The van der Waals surface area contributed by atoms with Crippen molar-refractivity contribution in [3.8, 4) is 0 Å². The smallest absolute Gasteiger partial charge is 0.223 e. The zero-order chi connectivity index (χ0) is 17.6. The van der Waals surface area contributed by atoms with Crippen LogP contribution in [0.4, 0.5) is 0 Å². The van der Waals surface area contributed by atoms with Crippen LogP contribution >= 0.6 is 0 Å². The summed E-state index contributed by atoms with van der Waals surface area (Å²) in [7, 11) is 0. The second-order valence-corrected chi connectivity index (χ2v) is 6.43. The Balaban J connectivity index is 1.47. The van der Waals surface area contributed by atoms with Gasteiger partial charge in [-0.1, -0.05) is 12.2 Å². The van der Waals surface area contributed by atoms with Gasteiger partial charge in [0, 0.05) is 24.9 Å². The predicted octanol–water partition coefficient (Wildman–Crippen LogP) is 0.299. The first-order valence-electron chi connectivity index (χ1n) is 8.56. The van der Waals surface area contributed by atoms with E-state index in [1.54, 1.807) is 18.5 Å². The number of nitrogens with one attached hydrogen (secondary N) is 2. The molecule has 1 fully saturated rings.